The first-order chi connectivity index (χ1) is 16.3. The number of nitrogens with one attached hydrogen (secondary N) is 2. The maximum Gasteiger partial charge on any atom is 0.416 e. The largest absolute Gasteiger partial charge is 0.455 e. The van der Waals surface area contributed by atoms with Crippen LogP contribution in [0.2, 0.25) is 15.1 Å². The number of hydrogen-bond donors (Lipinski definition) is 2. The molecule has 3 amide bonds. The zero-order valence-electron chi connectivity index (χ0n) is 17.4. The Balaban J connectivity index is 1.52. The summed E-state index contributed by atoms with van der Waals surface area (Å²) < 4.78 is 43.4. The number of amides is 3. The molecule has 0 unspecified atom stereocenters. The Kier molecular flexibility index (Phi) is 8.14. The van der Waals surface area contributed by atoms with Gasteiger partial charge in [0, 0.05) is 12.0 Å². The summed E-state index contributed by atoms with van der Waals surface area (Å²) in [6, 6.07) is 6.47. The molecular formula is C21H15Cl3F3N3O5. The molecule has 186 valence electrons. The molecule has 1 heterocycles. The van der Waals surface area contributed by atoms with Gasteiger partial charge in [0.2, 0.25) is 5.91 Å². The highest BCUT2D eigenvalue weighted by atomic mass is 35.5. The average molecular weight is 553 g/mol. The van der Waals surface area contributed by atoms with E-state index in [1.54, 1.807) is 0 Å². The fraction of sp³-hybridized carbons (Fsp3) is 0.238. The number of hydrazine groups is 1. The third-order valence-corrected chi connectivity index (χ3v) is 5.86. The molecule has 2 N–H and O–H groups in total. The summed E-state index contributed by atoms with van der Waals surface area (Å²) >= 11 is 17.5. The Bertz CT molecular complexity index is 1190. The summed E-state index contributed by atoms with van der Waals surface area (Å²) in [5.74, 6) is -4.06. The van der Waals surface area contributed by atoms with Crippen LogP contribution >= 0.6 is 34.8 Å². The van der Waals surface area contributed by atoms with Crippen LogP contribution in [0.3, 0.4) is 0 Å². The first-order valence-electron chi connectivity index (χ1n) is 9.74. The monoisotopic (exact) mass is 551 g/mol. The number of anilines is 1. The van der Waals surface area contributed by atoms with E-state index in [0.717, 1.165) is 17.1 Å². The van der Waals surface area contributed by atoms with Crippen molar-refractivity contribution in [3.05, 3.63) is 62.6 Å². The van der Waals surface area contributed by atoms with Gasteiger partial charge in [-0.15, -0.1) is 0 Å². The second-order valence-electron chi connectivity index (χ2n) is 7.32. The highest BCUT2D eigenvalue weighted by Gasteiger charge is 2.37. The predicted molar refractivity (Wildman–Crippen MR) is 120 cm³/mol. The number of carbonyl (C=O) groups excluding carboxylic acids is 4. The fourth-order valence-corrected chi connectivity index (χ4v) is 3.50. The van der Waals surface area contributed by atoms with Crippen molar-refractivity contribution in [2.75, 3.05) is 18.5 Å². The SMILES string of the molecule is O=C(COC(=O)[C@H]1CC(=O)N(NC(=O)c2ccc(Cl)c(Cl)c2)C1)Nc1cc(C(F)(F)F)ccc1Cl. The minimum Gasteiger partial charge on any atom is -0.455 e. The van der Waals surface area contributed by atoms with Crippen LogP contribution < -0.4 is 10.7 Å². The van der Waals surface area contributed by atoms with E-state index in [0.29, 0.717) is 6.07 Å². The molecule has 0 aliphatic carbocycles. The number of alkyl halides is 3. The standard InChI is InChI=1S/C21H15Cl3F3N3O5/c22-13-3-1-10(5-15(13)24)19(33)29-30-8-11(6-18(30)32)20(34)35-9-17(31)28-16-7-12(21(25,26)27)2-4-14(16)23/h1-5,7,11H,6,8-9H2,(H,28,31)(H,29,33)/t11-/m0/s1. The molecule has 0 bridgehead atoms. The molecule has 3 rings (SSSR count). The maximum atomic E-state index is 12.8. The molecule has 2 aromatic rings. The van der Waals surface area contributed by atoms with Crippen molar-refractivity contribution in [1.29, 1.82) is 0 Å². The third-order valence-electron chi connectivity index (χ3n) is 4.79. The van der Waals surface area contributed by atoms with E-state index in [4.69, 9.17) is 39.5 Å². The number of benzene rings is 2. The Morgan fingerprint density at radius 1 is 1.03 bits per heavy atom. The molecule has 8 nitrogen and oxygen atoms in total. The van der Waals surface area contributed by atoms with Crippen LogP contribution in [0.5, 0.6) is 0 Å². The number of ether oxygens (including phenoxy) is 1. The topological polar surface area (TPSA) is 105 Å². The van der Waals surface area contributed by atoms with Crippen molar-refractivity contribution in [2.24, 2.45) is 5.92 Å². The van der Waals surface area contributed by atoms with Crippen molar-refractivity contribution < 1.29 is 37.1 Å². The molecule has 1 aliphatic rings. The summed E-state index contributed by atoms with van der Waals surface area (Å²) in [7, 11) is 0. The van der Waals surface area contributed by atoms with Crippen molar-refractivity contribution in [1.82, 2.24) is 10.4 Å². The van der Waals surface area contributed by atoms with Gasteiger partial charge in [-0.2, -0.15) is 13.2 Å². The molecule has 2 aromatic carbocycles. The molecule has 35 heavy (non-hydrogen) atoms. The molecule has 0 spiro atoms. The summed E-state index contributed by atoms with van der Waals surface area (Å²) in [5.41, 5.74) is 1.14. The van der Waals surface area contributed by atoms with Gasteiger partial charge in [0.05, 0.1) is 38.8 Å². The first kappa shape index (κ1) is 26.6. The van der Waals surface area contributed by atoms with E-state index >= 15 is 0 Å². The number of rotatable bonds is 6. The second-order valence-corrected chi connectivity index (χ2v) is 8.55. The highest BCUT2D eigenvalue weighted by Crippen LogP contribution is 2.33. The number of hydrogen-bond acceptors (Lipinski definition) is 5. The van der Waals surface area contributed by atoms with Crippen molar-refractivity contribution in [3.8, 4) is 0 Å². The lowest BCUT2D eigenvalue weighted by molar-refractivity contribution is -0.151. The molecule has 14 heteroatoms. The molecule has 1 aliphatic heterocycles. The Morgan fingerprint density at radius 3 is 2.37 bits per heavy atom. The van der Waals surface area contributed by atoms with Crippen LogP contribution in [0.25, 0.3) is 0 Å². The molecule has 1 saturated heterocycles. The highest BCUT2D eigenvalue weighted by molar-refractivity contribution is 6.42. The first-order valence-corrected chi connectivity index (χ1v) is 10.9. The van der Waals surface area contributed by atoms with Gasteiger partial charge in [-0.1, -0.05) is 34.8 Å². The molecule has 0 aromatic heterocycles. The zero-order valence-corrected chi connectivity index (χ0v) is 19.7. The quantitative estimate of drug-likeness (QED) is 0.519. The number of esters is 1. The Morgan fingerprint density at radius 2 is 1.71 bits per heavy atom. The predicted octanol–water partition coefficient (Wildman–Crippen LogP) is 4.34. The van der Waals surface area contributed by atoms with Crippen molar-refractivity contribution >= 4 is 64.2 Å². The lowest BCUT2D eigenvalue weighted by Crippen LogP contribution is -2.43. The third kappa shape index (κ3) is 6.77. The average Bonchev–Trinajstić information content (AvgIpc) is 3.14. The van der Waals surface area contributed by atoms with E-state index in [-0.39, 0.29) is 39.3 Å². The molecular weight excluding hydrogens is 538 g/mol. The normalized spacial score (nSPS) is 15.7. The van der Waals surface area contributed by atoms with Gasteiger partial charge >= 0.3 is 12.1 Å². The van der Waals surface area contributed by atoms with Crippen LogP contribution in [-0.2, 0) is 25.3 Å². The number of nitrogens with zero attached hydrogens (tertiary/aromatic N) is 1. The molecule has 1 fully saturated rings. The van der Waals surface area contributed by atoms with Crippen LogP contribution in [0.15, 0.2) is 36.4 Å². The van der Waals surface area contributed by atoms with Crippen LogP contribution in [0.4, 0.5) is 18.9 Å². The van der Waals surface area contributed by atoms with Gasteiger partial charge < -0.3 is 10.1 Å². The van der Waals surface area contributed by atoms with Gasteiger partial charge in [-0.3, -0.25) is 29.6 Å². The van der Waals surface area contributed by atoms with E-state index in [1.807, 2.05) is 0 Å². The lowest BCUT2D eigenvalue weighted by Gasteiger charge is -2.17. The maximum absolute atomic E-state index is 12.8. The smallest absolute Gasteiger partial charge is 0.416 e. The summed E-state index contributed by atoms with van der Waals surface area (Å²) in [4.78, 5) is 48.8. The number of halogens is 6. The van der Waals surface area contributed by atoms with Crippen LogP contribution in [-0.4, -0.2) is 41.9 Å². The minimum absolute atomic E-state index is 0.128. The molecule has 0 radical (unpaired) electrons. The van der Waals surface area contributed by atoms with E-state index < -0.39 is 48.0 Å². The Hall–Kier alpha value is -3.02. The van der Waals surface area contributed by atoms with Gasteiger partial charge in [0.1, 0.15) is 0 Å². The minimum atomic E-state index is -4.65. The van der Waals surface area contributed by atoms with Crippen molar-refractivity contribution in [3.63, 3.8) is 0 Å². The van der Waals surface area contributed by atoms with Gasteiger partial charge in [0.15, 0.2) is 6.61 Å². The van der Waals surface area contributed by atoms with Crippen LogP contribution in [0, 0.1) is 5.92 Å². The second kappa shape index (κ2) is 10.7. The van der Waals surface area contributed by atoms with Gasteiger partial charge in [-0.05, 0) is 36.4 Å². The summed E-state index contributed by atoms with van der Waals surface area (Å²) in [6.45, 7) is -1.04. The lowest BCUT2D eigenvalue weighted by atomic mass is 10.1. The number of carbonyl (C=O) groups is 4. The van der Waals surface area contributed by atoms with E-state index in [9.17, 15) is 32.3 Å². The molecule has 0 saturated carbocycles. The zero-order chi connectivity index (χ0) is 25.9. The van der Waals surface area contributed by atoms with Gasteiger partial charge in [0.25, 0.3) is 11.8 Å². The summed E-state index contributed by atoms with van der Waals surface area (Å²) in [5, 5.41) is 3.30. The van der Waals surface area contributed by atoms with Gasteiger partial charge in [-0.25, -0.2) is 0 Å². The fourth-order valence-electron chi connectivity index (χ4n) is 3.04. The van der Waals surface area contributed by atoms with E-state index in [2.05, 4.69) is 10.7 Å². The van der Waals surface area contributed by atoms with Crippen molar-refractivity contribution in [2.45, 2.75) is 12.6 Å². The summed E-state index contributed by atoms with van der Waals surface area (Å²) in [6.07, 6.45) is -4.94. The van der Waals surface area contributed by atoms with Crippen LogP contribution in [0.1, 0.15) is 22.3 Å². The van der Waals surface area contributed by atoms with E-state index in [1.165, 1.54) is 18.2 Å². The Labute approximate surface area is 211 Å². The molecule has 1 atom stereocenters.